The molecule has 0 unspecified atom stereocenters. The number of non-ortho nitro benzene ring substituents is 1. The maximum absolute atomic E-state index is 13.1. The predicted molar refractivity (Wildman–Crippen MR) is 90.5 cm³/mol. The number of sulfonamides is 1. The van der Waals surface area contributed by atoms with Gasteiger partial charge >= 0.3 is 0 Å². The number of piperidine rings is 1. The molecular formula is C16H23N3O4S. The smallest absolute Gasteiger partial charge is 0.271 e. The minimum absolute atomic E-state index is 0.0575. The number of hydrogen-bond acceptors (Lipinski definition) is 5. The van der Waals surface area contributed by atoms with Crippen molar-refractivity contribution in [1.82, 2.24) is 9.62 Å². The van der Waals surface area contributed by atoms with Gasteiger partial charge < -0.3 is 5.32 Å². The number of nitrogens with zero attached hydrogens (tertiary/aromatic N) is 2. The monoisotopic (exact) mass is 353 g/mol. The molecule has 2 aliphatic rings. The Bertz CT molecular complexity index is 770. The van der Waals surface area contributed by atoms with Gasteiger partial charge in [-0.15, -0.1) is 0 Å². The minimum Gasteiger partial charge on any atom is -0.317 e. The topological polar surface area (TPSA) is 92.5 Å². The highest BCUT2D eigenvalue weighted by atomic mass is 32.2. The maximum Gasteiger partial charge on any atom is 0.271 e. The molecule has 0 aromatic heterocycles. The van der Waals surface area contributed by atoms with E-state index in [2.05, 4.69) is 5.32 Å². The largest absolute Gasteiger partial charge is 0.317 e. The molecule has 2 fully saturated rings. The summed E-state index contributed by atoms with van der Waals surface area (Å²) in [6.45, 7) is 6.26. The van der Waals surface area contributed by atoms with Crippen molar-refractivity contribution in [2.45, 2.75) is 38.0 Å². The van der Waals surface area contributed by atoms with Gasteiger partial charge in [-0.25, -0.2) is 8.42 Å². The van der Waals surface area contributed by atoms with Gasteiger partial charge in [0.25, 0.3) is 5.69 Å². The molecule has 0 saturated carbocycles. The molecule has 0 aliphatic carbocycles. The summed E-state index contributed by atoms with van der Waals surface area (Å²) in [6, 6.07) is 2.62. The number of rotatable bonds is 3. The molecule has 1 aromatic carbocycles. The highest BCUT2D eigenvalue weighted by Gasteiger charge is 2.44. The average Bonchev–Trinajstić information content (AvgIpc) is 2.94. The van der Waals surface area contributed by atoms with E-state index in [4.69, 9.17) is 0 Å². The summed E-state index contributed by atoms with van der Waals surface area (Å²) in [5, 5.41) is 14.4. The number of hydrogen-bond donors (Lipinski definition) is 1. The number of nitro benzene ring substituents is 1. The van der Waals surface area contributed by atoms with Crippen LogP contribution in [0.2, 0.25) is 0 Å². The van der Waals surface area contributed by atoms with Crippen molar-refractivity contribution >= 4 is 15.7 Å². The van der Waals surface area contributed by atoms with Gasteiger partial charge in [0.1, 0.15) is 0 Å². The quantitative estimate of drug-likeness (QED) is 0.662. The van der Waals surface area contributed by atoms with Crippen molar-refractivity contribution in [2.75, 3.05) is 26.2 Å². The highest BCUT2D eigenvalue weighted by Crippen LogP contribution is 2.41. The molecule has 0 amide bonds. The Morgan fingerprint density at radius 2 is 1.88 bits per heavy atom. The van der Waals surface area contributed by atoms with E-state index >= 15 is 0 Å². The summed E-state index contributed by atoms with van der Waals surface area (Å²) in [6.07, 6.45) is 2.82. The summed E-state index contributed by atoms with van der Waals surface area (Å²) in [4.78, 5) is 10.6. The van der Waals surface area contributed by atoms with Crippen LogP contribution in [-0.4, -0.2) is 43.8 Å². The average molecular weight is 353 g/mol. The first-order valence-corrected chi connectivity index (χ1v) is 9.66. The van der Waals surface area contributed by atoms with Crippen LogP contribution >= 0.6 is 0 Å². The third kappa shape index (κ3) is 2.94. The molecule has 1 aromatic rings. The van der Waals surface area contributed by atoms with Crippen molar-refractivity contribution in [3.05, 3.63) is 33.4 Å². The lowest BCUT2D eigenvalue weighted by atomic mass is 9.78. The van der Waals surface area contributed by atoms with E-state index in [0.29, 0.717) is 24.2 Å². The van der Waals surface area contributed by atoms with Gasteiger partial charge in [-0.3, -0.25) is 10.1 Å². The maximum atomic E-state index is 13.1. The first-order valence-electron chi connectivity index (χ1n) is 8.22. The van der Waals surface area contributed by atoms with E-state index in [-0.39, 0.29) is 16.0 Å². The van der Waals surface area contributed by atoms with Crippen LogP contribution in [0.1, 0.15) is 30.4 Å². The van der Waals surface area contributed by atoms with Gasteiger partial charge in [0, 0.05) is 25.2 Å². The fourth-order valence-electron chi connectivity index (χ4n) is 3.79. The molecule has 8 heteroatoms. The standard InChI is InChI=1S/C16H23N3O4S/c1-12-9-14(19(20)21)10-15(13(12)2)24(22,23)18-8-5-16(11-18)3-6-17-7-4-16/h9-10,17H,3-8,11H2,1-2H3. The predicted octanol–water partition coefficient (Wildman–Crippen LogP) is 1.98. The first-order chi connectivity index (χ1) is 11.3. The molecule has 24 heavy (non-hydrogen) atoms. The second-order valence-corrected chi connectivity index (χ2v) is 8.89. The van der Waals surface area contributed by atoms with Crippen molar-refractivity contribution in [1.29, 1.82) is 0 Å². The Morgan fingerprint density at radius 1 is 1.21 bits per heavy atom. The fourth-order valence-corrected chi connectivity index (χ4v) is 5.66. The molecular weight excluding hydrogens is 330 g/mol. The van der Waals surface area contributed by atoms with Crippen molar-refractivity contribution in [3.8, 4) is 0 Å². The van der Waals surface area contributed by atoms with E-state index in [9.17, 15) is 18.5 Å². The fraction of sp³-hybridized carbons (Fsp3) is 0.625. The molecule has 132 valence electrons. The van der Waals surface area contributed by atoms with Gasteiger partial charge in [-0.05, 0) is 62.7 Å². The number of benzene rings is 1. The molecule has 1 N–H and O–H groups in total. The minimum atomic E-state index is -3.71. The summed E-state index contributed by atoms with van der Waals surface area (Å²) in [7, 11) is -3.71. The first kappa shape index (κ1) is 17.3. The Labute approximate surface area is 142 Å². The molecule has 1 spiro atoms. The molecule has 2 saturated heterocycles. The third-order valence-electron chi connectivity index (χ3n) is 5.50. The molecule has 2 aliphatic heterocycles. The number of nitrogens with one attached hydrogen (secondary N) is 1. The zero-order chi connectivity index (χ0) is 17.5. The lowest BCUT2D eigenvalue weighted by Gasteiger charge is -2.33. The van der Waals surface area contributed by atoms with E-state index in [1.807, 2.05) is 0 Å². The zero-order valence-corrected chi connectivity index (χ0v) is 14.9. The lowest BCUT2D eigenvalue weighted by Crippen LogP contribution is -2.39. The van der Waals surface area contributed by atoms with Gasteiger partial charge in [0.05, 0.1) is 9.82 Å². The summed E-state index contributed by atoms with van der Waals surface area (Å²) < 4.78 is 27.7. The van der Waals surface area contributed by atoms with Crippen molar-refractivity contribution in [3.63, 3.8) is 0 Å². The second-order valence-electron chi connectivity index (χ2n) is 6.98. The summed E-state index contributed by atoms with van der Waals surface area (Å²) in [5.74, 6) is 0. The van der Waals surface area contributed by atoms with Crippen LogP contribution in [0.5, 0.6) is 0 Å². The SMILES string of the molecule is Cc1cc([N+](=O)[O-])cc(S(=O)(=O)N2CCC3(CCNCC3)C2)c1C. The van der Waals surface area contributed by atoms with Crippen LogP contribution in [0.15, 0.2) is 17.0 Å². The Hall–Kier alpha value is -1.51. The van der Waals surface area contributed by atoms with E-state index in [0.717, 1.165) is 32.4 Å². The normalized spacial score (nSPS) is 21.2. The van der Waals surface area contributed by atoms with Gasteiger partial charge in [0.15, 0.2) is 0 Å². The molecule has 0 atom stereocenters. The molecule has 2 heterocycles. The number of nitro groups is 1. The summed E-state index contributed by atoms with van der Waals surface area (Å²) >= 11 is 0. The van der Waals surface area contributed by atoms with Gasteiger partial charge in [0.2, 0.25) is 10.0 Å². The van der Waals surface area contributed by atoms with Gasteiger partial charge in [-0.1, -0.05) is 0 Å². The van der Waals surface area contributed by atoms with E-state index in [1.54, 1.807) is 13.8 Å². The summed E-state index contributed by atoms with van der Waals surface area (Å²) in [5.41, 5.74) is 1.10. The third-order valence-corrected chi connectivity index (χ3v) is 7.47. The second kappa shape index (κ2) is 6.09. The molecule has 3 rings (SSSR count). The molecule has 0 bridgehead atoms. The van der Waals surface area contributed by atoms with Crippen LogP contribution in [0.3, 0.4) is 0 Å². The van der Waals surface area contributed by atoms with Crippen molar-refractivity contribution < 1.29 is 13.3 Å². The van der Waals surface area contributed by atoms with Crippen LogP contribution in [-0.2, 0) is 10.0 Å². The Balaban J connectivity index is 1.95. The van der Waals surface area contributed by atoms with E-state index in [1.165, 1.54) is 16.4 Å². The van der Waals surface area contributed by atoms with E-state index < -0.39 is 14.9 Å². The van der Waals surface area contributed by atoms with Crippen LogP contribution in [0.25, 0.3) is 0 Å². The molecule has 0 radical (unpaired) electrons. The molecule has 7 nitrogen and oxygen atoms in total. The Kier molecular flexibility index (Phi) is 4.39. The highest BCUT2D eigenvalue weighted by molar-refractivity contribution is 7.89. The van der Waals surface area contributed by atoms with Crippen molar-refractivity contribution in [2.24, 2.45) is 5.41 Å². The van der Waals surface area contributed by atoms with Crippen LogP contribution < -0.4 is 5.32 Å². The van der Waals surface area contributed by atoms with Crippen LogP contribution in [0, 0.1) is 29.4 Å². The lowest BCUT2D eigenvalue weighted by molar-refractivity contribution is -0.385. The number of aryl methyl sites for hydroxylation is 1. The Morgan fingerprint density at radius 3 is 2.50 bits per heavy atom. The van der Waals surface area contributed by atoms with Crippen LogP contribution in [0.4, 0.5) is 5.69 Å². The van der Waals surface area contributed by atoms with Gasteiger partial charge in [-0.2, -0.15) is 4.31 Å². The zero-order valence-electron chi connectivity index (χ0n) is 14.0.